The fourth-order valence-electron chi connectivity index (χ4n) is 3.54. The molecule has 6 nitrogen and oxygen atoms in total. The molecule has 1 atom stereocenters. The zero-order valence-corrected chi connectivity index (χ0v) is 14.9. The molecule has 1 fully saturated rings. The van der Waals surface area contributed by atoms with Crippen LogP contribution in [0.15, 0.2) is 36.5 Å². The second kappa shape index (κ2) is 7.80. The molecule has 25 heavy (non-hydrogen) atoms. The molecule has 0 aliphatic carbocycles. The number of aryl methyl sites for hydroxylation is 2. The van der Waals surface area contributed by atoms with E-state index in [0.717, 1.165) is 50.4 Å². The van der Waals surface area contributed by atoms with Gasteiger partial charge in [0.1, 0.15) is 6.04 Å². The minimum atomic E-state index is -0.775. The van der Waals surface area contributed by atoms with Crippen molar-refractivity contribution in [2.24, 2.45) is 0 Å². The number of hydrogen-bond acceptors (Lipinski definition) is 4. The SMILES string of the molecule is CCn1nccc1CN1CCN(C(C(=O)O)c2cccc(C)c2)CC1. The van der Waals surface area contributed by atoms with E-state index in [0.29, 0.717) is 0 Å². The summed E-state index contributed by atoms with van der Waals surface area (Å²) >= 11 is 0. The second-order valence-corrected chi connectivity index (χ2v) is 6.61. The molecule has 134 valence electrons. The quantitative estimate of drug-likeness (QED) is 0.872. The average molecular weight is 342 g/mol. The first kappa shape index (κ1) is 17.6. The Labute approximate surface area is 148 Å². The minimum Gasteiger partial charge on any atom is -0.480 e. The van der Waals surface area contributed by atoms with Crippen molar-refractivity contribution in [3.8, 4) is 0 Å². The second-order valence-electron chi connectivity index (χ2n) is 6.61. The van der Waals surface area contributed by atoms with Crippen LogP contribution in [0.1, 0.15) is 29.8 Å². The van der Waals surface area contributed by atoms with Gasteiger partial charge in [0.15, 0.2) is 0 Å². The molecule has 0 bridgehead atoms. The van der Waals surface area contributed by atoms with Crippen LogP contribution in [0.3, 0.4) is 0 Å². The zero-order valence-electron chi connectivity index (χ0n) is 14.9. The number of carboxylic acids is 1. The summed E-state index contributed by atoms with van der Waals surface area (Å²) in [7, 11) is 0. The van der Waals surface area contributed by atoms with Crippen molar-refractivity contribution < 1.29 is 9.90 Å². The van der Waals surface area contributed by atoms with E-state index in [4.69, 9.17) is 0 Å². The Morgan fingerprint density at radius 1 is 1.24 bits per heavy atom. The van der Waals surface area contributed by atoms with Gasteiger partial charge in [0.25, 0.3) is 0 Å². The number of aliphatic carboxylic acids is 1. The van der Waals surface area contributed by atoms with Crippen molar-refractivity contribution in [3.05, 3.63) is 53.3 Å². The fraction of sp³-hybridized carbons (Fsp3) is 0.474. The summed E-state index contributed by atoms with van der Waals surface area (Å²) in [4.78, 5) is 16.3. The van der Waals surface area contributed by atoms with Crippen LogP contribution in [0.4, 0.5) is 0 Å². The largest absolute Gasteiger partial charge is 0.480 e. The summed E-state index contributed by atoms with van der Waals surface area (Å²) in [5, 5.41) is 14.1. The van der Waals surface area contributed by atoms with Gasteiger partial charge in [-0.2, -0.15) is 5.10 Å². The van der Waals surface area contributed by atoms with Crippen LogP contribution in [-0.2, 0) is 17.9 Å². The van der Waals surface area contributed by atoms with E-state index in [2.05, 4.69) is 27.9 Å². The lowest BCUT2D eigenvalue weighted by atomic mass is 10.0. The molecule has 2 heterocycles. The van der Waals surface area contributed by atoms with Crippen molar-refractivity contribution in [1.29, 1.82) is 0 Å². The first-order chi connectivity index (χ1) is 12.1. The van der Waals surface area contributed by atoms with Crippen molar-refractivity contribution in [1.82, 2.24) is 19.6 Å². The molecular formula is C19H26N4O2. The average Bonchev–Trinajstić information content (AvgIpc) is 3.03. The van der Waals surface area contributed by atoms with Crippen molar-refractivity contribution in [2.75, 3.05) is 26.2 Å². The number of aromatic nitrogens is 2. The van der Waals surface area contributed by atoms with Gasteiger partial charge in [0, 0.05) is 45.5 Å². The highest BCUT2D eigenvalue weighted by Gasteiger charge is 2.30. The Hall–Kier alpha value is -2.18. The van der Waals surface area contributed by atoms with Gasteiger partial charge in [-0.3, -0.25) is 19.3 Å². The highest BCUT2D eigenvalue weighted by atomic mass is 16.4. The maximum atomic E-state index is 11.9. The molecule has 0 amide bonds. The summed E-state index contributed by atoms with van der Waals surface area (Å²) in [6.45, 7) is 9.07. The van der Waals surface area contributed by atoms with Crippen molar-refractivity contribution in [3.63, 3.8) is 0 Å². The molecule has 1 aliphatic rings. The van der Waals surface area contributed by atoms with Gasteiger partial charge in [-0.25, -0.2) is 0 Å². The Bertz CT molecular complexity index is 720. The molecule has 1 saturated heterocycles. The van der Waals surface area contributed by atoms with Gasteiger partial charge >= 0.3 is 5.97 Å². The van der Waals surface area contributed by atoms with Crippen LogP contribution < -0.4 is 0 Å². The third-order valence-electron chi connectivity index (χ3n) is 4.85. The summed E-state index contributed by atoms with van der Waals surface area (Å²) in [6, 6.07) is 9.31. The molecule has 1 N–H and O–H groups in total. The lowest BCUT2D eigenvalue weighted by Gasteiger charge is -2.37. The predicted octanol–water partition coefficient (Wildman–Crippen LogP) is 2.15. The molecule has 1 aromatic carbocycles. The predicted molar refractivity (Wildman–Crippen MR) is 96.3 cm³/mol. The van der Waals surface area contributed by atoms with E-state index in [1.165, 1.54) is 5.69 Å². The van der Waals surface area contributed by atoms with E-state index in [9.17, 15) is 9.90 Å². The number of carbonyl (C=O) groups is 1. The van der Waals surface area contributed by atoms with Crippen molar-refractivity contribution in [2.45, 2.75) is 33.0 Å². The smallest absolute Gasteiger partial charge is 0.325 e. The normalized spacial score (nSPS) is 17.5. The highest BCUT2D eigenvalue weighted by molar-refractivity contribution is 5.75. The number of benzene rings is 1. The zero-order chi connectivity index (χ0) is 17.8. The van der Waals surface area contributed by atoms with Gasteiger partial charge in [-0.15, -0.1) is 0 Å². The van der Waals surface area contributed by atoms with Crippen molar-refractivity contribution >= 4 is 5.97 Å². The summed E-state index contributed by atoms with van der Waals surface area (Å²) < 4.78 is 2.01. The highest BCUT2D eigenvalue weighted by Crippen LogP contribution is 2.24. The Morgan fingerprint density at radius 2 is 2.00 bits per heavy atom. The van der Waals surface area contributed by atoms with E-state index in [-0.39, 0.29) is 0 Å². The monoisotopic (exact) mass is 342 g/mol. The molecular weight excluding hydrogens is 316 g/mol. The maximum absolute atomic E-state index is 11.9. The summed E-state index contributed by atoms with van der Waals surface area (Å²) in [6.07, 6.45) is 1.84. The number of hydrogen-bond donors (Lipinski definition) is 1. The number of carboxylic acid groups (broad SMARTS) is 1. The minimum absolute atomic E-state index is 0.566. The molecule has 3 rings (SSSR count). The van der Waals surface area contributed by atoms with Gasteiger partial charge in [-0.05, 0) is 25.5 Å². The van der Waals surface area contributed by atoms with Gasteiger partial charge in [0.05, 0.1) is 5.69 Å². The van der Waals surface area contributed by atoms with E-state index < -0.39 is 12.0 Å². The molecule has 1 aromatic heterocycles. The van der Waals surface area contributed by atoms with Gasteiger partial charge < -0.3 is 5.11 Å². The number of nitrogens with zero attached hydrogens (tertiary/aromatic N) is 4. The Balaban J connectivity index is 1.64. The van der Waals surface area contributed by atoms with Crippen LogP contribution in [0.2, 0.25) is 0 Å². The summed E-state index contributed by atoms with van der Waals surface area (Å²) in [5.41, 5.74) is 3.17. The lowest BCUT2D eigenvalue weighted by Crippen LogP contribution is -2.49. The fourth-order valence-corrected chi connectivity index (χ4v) is 3.54. The lowest BCUT2D eigenvalue weighted by molar-refractivity contribution is -0.144. The maximum Gasteiger partial charge on any atom is 0.325 e. The van der Waals surface area contributed by atoms with Gasteiger partial charge in [-0.1, -0.05) is 29.8 Å². The molecule has 0 spiro atoms. The topological polar surface area (TPSA) is 61.6 Å². The molecule has 1 unspecified atom stereocenters. The Morgan fingerprint density at radius 3 is 2.64 bits per heavy atom. The van der Waals surface area contributed by atoms with E-state index in [1.54, 1.807) is 0 Å². The van der Waals surface area contributed by atoms with E-state index in [1.807, 2.05) is 42.1 Å². The molecule has 0 radical (unpaired) electrons. The van der Waals surface area contributed by atoms with Crippen LogP contribution in [-0.4, -0.2) is 56.8 Å². The first-order valence-corrected chi connectivity index (χ1v) is 8.85. The molecule has 0 saturated carbocycles. The first-order valence-electron chi connectivity index (χ1n) is 8.85. The van der Waals surface area contributed by atoms with Crippen LogP contribution in [0.25, 0.3) is 0 Å². The third kappa shape index (κ3) is 4.08. The molecule has 2 aromatic rings. The molecule has 6 heteroatoms. The molecule has 1 aliphatic heterocycles. The van der Waals surface area contributed by atoms with Crippen LogP contribution >= 0.6 is 0 Å². The third-order valence-corrected chi connectivity index (χ3v) is 4.85. The van der Waals surface area contributed by atoms with Gasteiger partial charge in [0.2, 0.25) is 0 Å². The number of piperazine rings is 1. The van der Waals surface area contributed by atoms with E-state index >= 15 is 0 Å². The van der Waals surface area contributed by atoms with Crippen LogP contribution in [0, 0.1) is 6.92 Å². The Kier molecular flexibility index (Phi) is 5.50. The standard InChI is InChI=1S/C19H26N4O2/c1-3-23-17(7-8-20-23)14-21-9-11-22(12-10-21)18(19(24)25)16-6-4-5-15(2)13-16/h4-8,13,18H,3,9-12,14H2,1-2H3,(H,24,25). The summed E-state index contributed by atoms with van der Waals surface area (Å²) in [5.74, 6) is -0.775. The van der Waals surface area contributed by atoms with Crippen LogP contribution in [0.5, 0.6) is 0 Å². The number of rotatable bonds is 6.